The lowest BCUT2D eigenvalue weighted by Gasteiger charge is -2.25. The molecule has 3 heterocycles. The smallest absolute Gasteiger partial charge is 0.240 e. The first-order valence-corrected chi connectivity index (χ1v) is 11.9. The molecule has 1 aromatic carbocycles. The van der Waals surface area contributed by atoms with Gasteiger partial charge < -0.3 is 9.47 Å². The molecule has 1 aliphatic carbocycles. The molecule has 0 saturated heterocycles. The van der Waals surface area contributed by atoms with Crippen LogP contribution in [0.15, 0.2) is 46.9 Å². The van der Waals surface area contributed by atoms with Gasteiger partial charge in [0.25, 0.3) is 0 Å². The molecule has 0 spiro atoms. The van der Waals surface area contributed by atoms with E-state index >= 15 is 0 Å². The van der Waals surface area contributed by atoms with Crippen molar-refractivity contribution in [2.75, 3.05) is 4.90 Å². The van der Waals surface area contributed by atoms with Crippen LogP contribution in [0.3, 0.4) is 0 Å². The van der Waals surface area contributed by atoms with E-state index in [0.29, 0.717) is 6.04 Å². The van der Waals surface area contributed by atoms with Gasteiger partial charge in [0.05, 0.1) is 5.25 Å². The summed E-state index contributed by atoms with van der Waals surface area (Å²) in [4.78, 5) is 16.6. The van der Waals surface area contributed by atoms with Crippen LogP contribution in [-0.4, -0.2) is 32.0 Å². The zero-order valence-electron chi connectivity index (χ0n) is 16.6. The van der Waals surface area contributed by atoms with Gasteiger partial charge in [-0.15, -0.1) is 21.5 Å². The zero-order valence-corrected chi connectivity index (χ0v) is 18.2. The lowest BCUT2D eigenvalue weighted by atomic mass is 10.1. The van der Waals surface area contributed by atoms with Gasteiger partial charge >= 0.3 is 0 Å². The third-order valence-corrected chi connectivity index (χ3v) is 7.55. The van der Waals surface area contributed by atoms with E-state index in [-0.39, 0.29) is 17.2 Å². The average Bonchev–Trinajstić information content (AvgIpc) is 3.11. The molecular formula is C22H24N4OS2. The van der Waals surface area contributed by atoms with Crippen LogP contribution in [0.25, 0.3) is 0 Å². The minimum Gasteiger partial charge on any atom is -0.308 e. The monoisotopic (exact) mass is 424 g/mol. The Morgan fingerprint density at radius 2 is 2.07 bits per heavy atom. The van der Waals surface area contributed by atoms with Gasteiger partial charge in [0.2, 0.25) is 5.91 Å². The topological polar surface area (TPSA) is 51.0 Å². The molecule has 2 atom stereocenters. The maximum absolute atomic E-state index is 13.3. The summed E-state index contributed by atoms with van der Waals surface area (Å²) in [6.45, 7) is 4.12. The summed E-state index contributed by atoms with van der Waals surface area (Å²) in [5.74, 6) is 1.16. The largest absolute Gasteiger partial charge is 0.308 e. The lowest BCUT2D eigenvalue weighted by molar-refractivity contribution is -0.118. The third kappa shape index (κ3) is 3.62. The molecule has 7 heteroatoms. The number of amides is 1. The Balaban J connectivity index is 1.36. The first kappa shape index (κ1) is 18.9. The van der Waals surface area contributed by atoms with Crippen molar-refractivity contribution in [1.29, 1.82) is 0 Å². The van der Waals surface area contributed by atoms with Crippen LogP contribution >= 0.6 is 23.1 Å². The van der Waals surface area contributed by atoms with E-state index < -0.39 is 0 Å². The zero-order chi connectivity index (χ0) is 20.0. The SMILES string of the molecule is C[C@H](Sc1nnc(Cc2cccs2)n1C1CC1)C(=O)N1c2ccccc2C[C@H]1C. The lowest BCUT2D eigenvalue weighted by Crippen LogP contribution is -2.40. The molecule has 1 fully saturated rings. The summed E-state index contributed by atoms with van der Waals surface area (Å²) in [5, 5.41) is 11.7. The van der Waals surface area contributed by atoms with Crippen molar-refractivity contribution in [2.45, 2.75) is 62.0 Å². The van der Waals surface area contributed by atoms with E-state index in [2.05, 4.69) is 51.3 Å². The molecule has 1 aliphatic heterocycles. The number of fused-ring (bicyclic) bond motifs is 1. The molecule has 1 saturated carbocycles. The predicted octanol–water partition coefficient (Wildman–Crippen LogP) is 4.72. The van der Waals surface area contributed by atoms with Gasteiger partial charge in [0, 0.05) is 29.1 Å². The molecule has 0 unspecified atom stereocenters. The van der Waals surface area contributed by atoms with Crippen molar-refractivity contribution >= 4 is 34.7 Å². The van der Waals surface area contributed by atoms with E-state index in [1.54, 1.807) is 23.1 Å². The molecule has 150 valence electrons. The minimum absolute atomic E-state index is 0.151. The predicted molar refractivity (Wildman–Crippen MR) is 118 cm³/mol. The Kier molecular flexibility index (Phi) is 4.95. The Bertz CT molecular complexity index is 1030. The van der Waals surface area contributed by atoms with Crippen LogP contribution in [0.5, 0.6) is 0 Å². The van der Waals surface area contributed by atoms with Crippen LogP contribution in [0, 0.1) is 0 Å². The summed E-state index contributed by atoms with van der Waals surface area (Å²) in [6.07, 6.45) is 4.06. The summed E-state index contributed by atoms with van der Waals surface area (Å²) >= 11 is 3.29. The number of hydrogen-bond donors (Lipinski definition) is 0. The minimum atomic E-state index is -0.208. The van der Waals surface area contributed by atoms with E-state index in [1.165, 1.54) is 23.3 Å². The number of thiophene rings is 1. The number of anilines is 1. The quantitative estimate of drug-likeness (QED) is 0.537. The maximum atomic E-state index is 13.3. The fraction of sp³-hybridized carbons (Fsp3) is 0.409. The molecule has 0 bridgehead atoms. The van der Waals surface area contributed by atoms with Crippen LogP contribution in [0.4, 0.5) is 5.69 Å². The standard InChI is InChI=1S/C22H24N4OS2/c1-14-12-16-6-3-4-8-19(16)25(14)21(27)15(2)29-22-24-23-20(26(22)17-9-10-17)13-18-7-5-11-28-18/h3-8,11,14-15,17H,9-10,12-13H2,1-2H3/t14-,15+/m1/s1. The van der Waals surface area contributed by atoms with Crippen LogP contribution < -0.4 is 4.90 Å². The van der Waals surface area contributed by atoms with Crippen molar-refractivity contribution in [3.05, 3.63) is 58.0 Å². The number of hydrogen-bond acceptors (Lipinski definition) is 5. The number of carbonyl (C=O) groups excluding carboxylic acids is 1. The van der Waals surface area contributed by atoms with E-state index in [1.807, 2.05) is 24.0 Å². The van der Waals surface area contributed by atoms with Gasteiger partial charge in [-0.05, 0) is 56.2 Å². The molecule has 1 amide bonds. The van der Waals surface area contributed by atoms with Gasteiger partial charge in [-0.3, -0.25) is 4.79 Å². The number of carbonyl (C=O) groups is 1. The highest BCUT2D eigenvalue weighted by molar-refractivity contribution is 8.00. The van der Waals surface area contributed by atoms with Gasteiger partial charge in [-0.2, -0.15) is 0 Å². The van der Waals surface area contributed by atoms with E-state index in [0.717, 1.165) is 29.5 Å². The van der Waals surface area contributed by atoms with Crippen LogP contribution in [0.1, 0.15) is 49.0 Å². The molecule has 3 aromatic rings. The Hall–Kier alpha value is -2.12. The second kappa shape index (κ2) is 7.61. The Morgan fingerprint density at radius 3 is 2.83 bits per heavy atom. The molecule has 5 rings (SSSR count). The van der Waals surface area contributed by atoms with Crippen molar-refractivity contribution in [2.24, 2.45) is 0 Å². The summed E-state index contributed by atoms with van der Waals surface area (Å²) < 4.78 is 2.27. The second-order valence-corrected chi connectivity index (χ2v) is 10.2. The molecule has 29 heavy (non-hydrogen) atoms. The summed E-state index contributed by atoms with van der Waals surface area (Å²) in [6, 6.07) is 13.1. The van der Waals surface area contributed by atoms with Crippen molar-refractivity contribution in [1.82, 2.24) is 14.8 Å². The van der Waals surface area contributed by atoms with Crippen LogP contribution in [-0.2, 0) is 17.6 Å². The maximum Gasteiger partial charge on any atom is 0.240 e. The molecular weight excluding hydrogens is 400 g/mol. The molecule has 2 aliphatic rings. The normalized spacial score (nSPS) is 19.4. The molecule has 0 radical (unpaired) electrons. The summed E-state index contributed by atoms with van der Waals surface area (Å²) in [5.41, 5.74) is 2.31. The second-order valence-electron chi connectivity index (χ2n) is 7.91. The van der Waals surface area contributed by atoms with E-state index in [4.69, 9.17) is 0 Å². The first-order chi connectivity index (χ1) is 14.1. The number of thioether (sulfide) groups is 1. The first-order valence-electron chi connectivity index (χ1n) is 10.2. The number of nitrogens with zero attached hydrogens (tertiary/aromatic N) is 4. The molecule has 5 nitrogen and oxygen atoms in total. The molecule has 0 N–H and O–H groups in total. The number of rotatable bonds is 6. The number of benzene rings is 1. The summed E-state index contributed by atoms with van der Waals surface area (Å²) in [7, 11) is 0. The molecule has 2 aromatic heterocycles. The number of para-hydroxylation sites is 1. The number of aromatic nitrogens is 3. The Labute approximate surface area is 179 Å². The van der Waals surface area contributed by atoms with E-state index in [9.17, 15) is 4.79 Å². The highest BCUT2D eigenvalue weighted by atomic mass is 32.2. The van der Waals surface area contributed by atoms with Crippen molar-refractivity contribution < 1.29 is 4.79 Å². The average molecular weight is 425 g/mol. The third-order valence-electron chi connectivity index (χ3n) is 5.63. The van der Waals surface area contributed by atoms with Crippen LogP contribution in [0.2, 0.25) is 0 Å². The fourth-order valence-electron chi connectivity index (χ4n) is 4.08. The van der Waals surface area contributed by atoms with Gasteiger partial charge in [0.15, 0.2) is 5.16 Å². The van der Waals surface area contributed by atoms with Gasteiger partial charge in [-0.25, -0.2) is 0 Å². The van der Waals surface area contributed by atoms with Gasteiger partial charge in [-0.1, -0.05) is 36.0 Å². The highest BCUT2D eigenvalue weighted by Gasteiger charge is 2.35. The van der Waals surface area contributed by atoms with Crippen molar-refractivity contribution in [3.63, 3.8) is 0 Å². The fourth-order valence-corrected chi connectivity index (χ4v) is 5.77. The highest BCUT2D eigenvalue weighted by Crippen LogP contribution is 2.41. The Morgan fingerprint density at radius 1 is 1.24 bits per heavy atom. The van der Waals surface area contributed by atoms with Gasteiger partial charge in [0.1, 0.15) is 5.82 Å². The van der Waals surface area contributed by atoms with Crippen molar-refractivity contribution in [3.8, 4) is 0 Å².